The van der Waals surface area contributed by atoms with Gasteiger partial charge in [-0.2, -0.15) is 0 Å². The van der Waals surface area contributed by atoms with Crippen LogP contribution in [0.15, 0.2) is 132 Å². The van der Waals surface area contributed by atoms with E-state index >= 15 is 0 Å². The van der Waals surface area contributed by atoms with Gasteiger partial charge < -0.3 is 8.98 Å². The van der Waals surface area contributed by atoms with Crippen molar-refractivity contribution >= 4 is 54.5 Å². The van der Waals surface area contributed by atoms with E-state index in [9.17, 15) is 0 Å². The summed E-state index contributed by atoms with van der Waals surface area (Å²) in [5, 5.41) is 7.55. The summed E-state index contributed by atoms with van der Waals surface area (Å²) in [6, 6.07) is 46.8. The lowest BCUT2D eigenvalue weighted by Gasteiger charge is -2.22. The largest absolute Gasteiger partial charge is 0.456 e. The average molecular weight is 574 g/mol. The molecular weight excluding hydrogens is 546 g/mol. The van der Waals surface area contributed by atoms with Crippen LogP contribution in [0.1, 0.15) is 25.0 Å². The van der Waals surface area contributed by atoms with Crippen LogP contribution in [0.2, 0.25) is 0 Å². The lowest BCUT2D eigenvalue weighted by molar-refractivity contribution is 0.620. The highest BCUT2D eigenvalue weighted by molar-refractivity contribution is 6.31. The maximum Gasteiger partial charge on any atom is 0.142 e. The smallest absolute Gasteiger partial charge is 0.142 e. The van der Waals surface area contributed by atoms with Gasteiger partial charge in [-0.3, -0.25) is 0 Å². The van der Waals surface area contributed by atoms with Crippen molar-refractivity contribution in [2.24, 2.45) is 0 Å². The highest BCUT2D eigenvalue weighted by atomic mass is 16.3. The minimum atomic E-state index is -0.205. The number of para-hydroxylation sites is 2. The van der Waals surface area contributed by atoms with E-state index in [0.717, 1.165) is 16.6 Å². The summed E-state index contributed by atoms with van der Waals surface area (Å²) in [7, 11) is 0. The van der Waals surface area contributed by atoms with Gasteiger partial charge in [-0.05, 0) is 62.5 Å². The summed E-state index contributed by atoms with van der Waals surface area (Å²) >= 11 is 0. The Balaban J connectivity index is 1.41. The van der Waals surface area contributed by atoms with E-state index < -0.39 is 0 Å². The van der Waals surface area contributed by atoms with E-state index in [-0.39, 0.29) is 5.41 Å². The van der Waals surface area contributed by atoms with Crippen molar-refractivity contribution in [1.82, 2.24) is 4.57 Å². The Kier molecular flexibility index (Phi) is 4.19. The Labute approximate surface area is 259 Å². The molecule has 0 radical (unpaired) electrons. The third-order valence-electron chi connectivity index (χ3n) is 10.7. The van der Waals surface area contributed by atoms with Gasteiger partial charge in [-0.25, -0.2) is 0 Å². The van der Waals surface area contributed by atoms with Crippen molar-refractivity contribution in [1.29, 1.82) is 0 Å². The molecule has 0 saturated heterocycles. The molecule has 0 saturated carbocycles. The number of aromatic nitrogens is 1. The maximum absolute atomic E-state index is 6.92. The predicted octanol–water partition coefficient (Wildman–Crippen LogP) is 11.8. The fourth-order valence-electron chi connectivity index (χ4n) is 8.91. The van der Waals surface area contributed by atoms with Gasteiger partial charge in [0, 0.05) is 32.5 Å². The molecule has 2 heterocycles. The Hall–Kier alpha value is -5.60. The van der Waals surface area contributed by atoms with Gasteiger partial charge in [0.05, 0.1) is 22.1 Å². The van der Waals surface area contributed by atoms with Gasteiger partial charge in [-0.15, -0.1) is 0 Å². The van der Waals surface area contributed by atoms with E-state index in [1.54, 1.807) is 0 Å². The third kappa shape index (κ3) is 2.70. The van der Waals surface area contributed by atoms with E-state index in [1.807, 2.05) is 0 Å². The van der Waals surface area contributed by atoms with Crippen LogP contribution in [0.3, 0.4) is 0 Å². The molecule has 2 nitrogen and oxygen atoms in total. The quantitative estimate of drug-likeness (QED) is 0.191. The van der Waals surface area contributed by atoms with Crippen LogP contribution in [0.4, 0.5) is 0 Å². The van der Waals surface area contributed by atoms with Gasteiger partial charge in [0.25, 0.3) is 0 Å². The first-order chi connectivity index (χ1) is 22.1. The van der Waals surface area contributed by atoms with Crippen LogP contribution in [0, 0.1) is 0 Å². The van der Waals surface area contributed by atoms with Crippen molar-refractivity contribution in [3.8, 4) is 39.1 Å². The summed E-state index contributed by atoms with van der Waals surface area (Å²) < 4.78 is 9.46. The molecule has 0 atom stereocenters. The highest BCUT2D eigenvalue weighted by Gasteiger charge is 2.41. The number of hydrogen-bond donors (Lipinski definition) is 0. The van der Waals surface area contributed by atoms with Gasteiger partial charge in [0.1, 0.15) is 11.2 Å². The number of rotatable bonds is 1. The maximum atomic E-state index is 6.92. The molecular formula is C43H27NO. The SMILES string of the molecule is CC1(C)c2ccccc2-c2c1c1oc3ccccc3c1c1c2c2ccccc2n1-c1ccc2c3c(cccc13)-c1ccccc1-2. The fraction of sp³-hybridized carbons (Fsp3) is 0.0698. The second-order valence-corrected chi connectivity index (χ2v) is 13.2. The standard InChI is InChI=1S/C43H27NO/c1-43(2)32-19-8-5-14-28(32)37-38-30-15-6-9-20-33(30)44(41(38)39-31-16-7-10-21-35(31)45-42(39)40(37)43)34-23-22-27-25-13-4-3-12-24(25)26-17-11-18-29(34)36(26)27/h3-23H,1-2H3. The molecule has 0 N–H and O–H groups in total. The second kappa shape index (κ2) is 7.91. The molecule has 45 heavy (non-hydrogen) atoms. The molecule has 2 aromatic heterocycles. The van der Waals surface area contributed by atoms with Crippen molar-refractivity contribution < 1.29 is 4.42 Å². The molecule has 210 valence electrons. The van der Waals surface area contributed by atoms with E-state index in [0.29, 0.717) is 0 Å². The minimum Gasteiger partial charge on any atom is -0.456 e. The zero-order valence-electron chi connectivity index (χ0n) is 25.0. The van der Waals surface area contributed by atoms with Gasteiger partial charge in [0.15, 0.2) is 0 Å². The monoisotopic (exact) mass is 573 g/mol. The van der Waals surface area contributed by atoms with Crippen LogP contribution in [-0.4, -0.2) is 4.57 Å². The van der Waals surface area contributed by atoms with Gasteiger partial charge >= 0.3 is 0 Å². The topological polar surface area (TPSA) is 18.1 Å². The summed E-state index contributed by atoms with van der Waals surface area (Å²) in [5.74, 6) is 0. The summed E-state index contributed by atoms with van der Waals surface area (Å²) in [4.78, 5) is 0. The molecule has 11 rings (SSSR count). The summed E-state index contributed by atoms with van der Waals surface area (Å²) in [6.07, 6.45) is 0. The average Bonchev–Trinajstić information content (AvgIpc) is 3.78. The molecule has 0 spiro atoms. The van der Waals surface area contributed by atoms with Crippen LogP contribution in [0.25, 0.3) is 93.6 Å². The molecule has 7 aromatic carbocycles. The van der Waals surface area contributed by atoms with Crippen LogP contribution >= 0.6 is 0 Å². The highest BCUT2D eigenvalue weighted by Crippen LogP contribution is 2.58. The Bertz CT molecular complexity index is 2760. The number of benzene rings is 7. The molecule has 2 aliphatic rings. The molecule has 9 aromatic rings. The molecule has 0 bridgehead atoms. The number of furan rings is 1. The first-order valence-corrected chi connectivity index (χ1v) is 15.8. The predicted molar refractivity (Wildman–Crippen MR) is 188 cm³/mol. The molecule has 0 unspecified atom stereocenters. The van der Waals surface area contributed by atoms with Crippen molar-refractivity contribution in [2.75, 3.05) is 0 Å². The normalized spacial score (nSPS) is 14.2. The first-order valence-electron chi connectivity index (χ1n) is 15.8. The molecule has 0 aliphatic heterocycles. The van der Waals surface area contributed by atoms with Crippen LogP contribution < -0.4 is 0 Å². The van der Waals surface area contributed by atoms with E-state index in [2.05, 4.69) is 146 Å². The van der Waals surface area contributed by atoms with Crippen LogP contribution in [0.5, 0.6) is 0 Å². The Morgan fingerprint density at radius 1 is 0.511 bits per heavy atom. The zero-order chi connectivity index (χ0) is 29.6. The molecule has 0 fully saturated rings. The van der Waals surface area contributed by atoms with Crippen LogP contribution in [-0.2, 0) is 5.41 Å². The summed E-state index contributed by atoms with van der Waals surface area (Å²) in [5.41, 5.74) is 15.9. The zero-order valence-corrected chi connectivity index (χ0v) is 25.0. The van der Waals surface area contributed by atoms with Gasteiger partial charge in [-0.1, -0.05) is 123 Å². The molecule has 0 amide bonds. The van der Waals surface area contributed by atoms with Gasteiger partial charge in [0.2, 0.25) is 0 Å². The molecule has 2 heteroatoms. The Morgan fingerprint density at radius 2 is 1.16 bits per heavy atom. The van der Waals surface area contributed by atoms with E-state index in [1.165, 1.54) is 88.2 Å². The van der Waals surface area contributed by atoms with Crippen molar-refractivity contribution in [3.05, 3.63) is 139 Å². The number of nitrogens with zero attached hydrogens (tertiary/aromatic N) is 1. The fourth-order valence-corrected chi connectivity index (χ4v) is 8.91. The lowest BCUT2D eigenvalue weighted by atomic mass is 9.81. The Morgan fingerprint density at radius 3 is 2.00 bits per heavy atom. The number of fused-ring (bicyclic) bond motifs is 15. The third-order valence-corrected chi connectivity index (χ3v) is 10.7. The summed E-state index contributed by atoms with van der Waals surface area (Å²) in [6.45, 7) is 4.71. The van der Waals surface area contributed by atoms with Crippen molar-refractivity contribution in [2.45, 2.75) is 19.3 Å². The van der Waals surface area contributed by atoms with Crippen molar-refractivity contribution in [3.63, 3.8) is 0 Å². The second-order valence-electron chi connectivity index (χ2n) is 13.2. The van der Waals surface area contributed by atoms with E-state index in [4.69, 9.17) is 4.42 Å². The lowest BCUT2D eigenvalue weighted by Crippen LogP contribution is -2.15. The minimum absolute atomic E-state index is 0.205. The first kappa shape index (κ1) is 23.8. The molecule has 2 aliphatic carbocycles. The number of hydrogen-bond acceptors (Lipinski definition) is 1.